The zero-order chi connectivity index (χ0) is 18.5. The van der Waals surface area contributed by atoms with Crippen LogP contribution in [0, 0.1) is 5.92 Å². The molecule has 2 amide bonds. The maximum atomic E-state index is 12.6. The molecule has 0 unspecified atom stereocenters. The number of carbonyl (C=O) groups is 2. The Bertz CT molecular complexity index is 778. The molecule has 1 saturated carbocycles. The van der Waals surface area contributed by atoms with Gasteiger partial charge in [-0.3, -0.25) is 14.8 Å². The van der Waals surface area contributed by atoms with Crippen LogP contribution >= 0.6 is 0 Å². The molecular formula is C21H24N2O3. The van der Waals surface area contributed by atoms with E-state index < -0.39 is 5.91 Å². The van der Waals surface area contributed by atoms with E-state index in [1.807, 2.05) is 24.3 Å². The summed E-state index contributed by atoms with van der Waals surface area (Å²) in [4.78, 5) is 24.0. The summed E-state index contributed by atoms with van der Waals surface area (Å²) in [5.41, 5.74) is 4.43. The second kappa shape index (κ2) is 8.15. The number of hydrogen-bond donors (Lipinski definition) is 3. The van der Waals surface area contributed by atoms with Gasteiger partial charge in [0.05, 0.1) is 0 Å². The summed E-state index contributed by atoms with van der Waals surface area (Å²) in [7, 11) is 0. The van der Waals surface area contributed by atoms with Crippen LogP contribution in [0.15, 0.2) is 48.5 Å². The molecule has 0 radical (unpaired) electrons. The fourth-order valence-corrected chi connectivity index (χ4v) is 3.39. The van der Waals surface area contributed by atoms with Crippen LogP contribution in [0.4, 0.5) is 0 Å². The molecule has 136 valence electrons. The molecule has 0 aliphatic heterocycles. The van der Waals surface area contributed by atoms with Crippen molar-refractivity contribution in [3.63, 3.8) is 0 Å². The second-order valence-electron chi connectivity index (χ2n) is 7.03. The molecule has 1 aliphatic rings. The van der Waals surface area contributed by atoms with Crippen molar-refractivity contribution in [3.05, 3.63) is 59.7 Å². The van der Waals surface area contributed by atoms with Crippen LogP contribution in [-0.2, 0) is 0 Å². The van der Waals surface area contributed by atoms with Crippen LogP contribution in [0.25, 0.3) is 11.1 Å². The van der Waals surface area contributed by atoms with Crippen LogP contribution in [0.1, 0.15) is 53.3 Å². The highest BCUT2D eigenvalue weighted by atomic mass is 16.5. The molecule has 2 aromatic rings. The van der Waals surface area contributed by atoms with Gasteiger partial charge < -0.3 is 5.32 Å². The fraction of sp³-hybridized carbons (Fsp3) is 0.333. The second-order valence-corrected chi connectivity index (χ2v) is 7.03. The summed E-state index contributed by atoms with van der Waals surface area (Å²) < 4.78 is 0. The van der Waals surface area contributed by atoms with Crippen molar-refractivity contribution >= 4 is 11.8 Å². The maximum absolute atomic E-state index is 12.6. The van der Waals surface area contributed by atoms with E-state index in [0.717, 1.165) is 29.9 Å². The molecule has 0 saturated heterocycles. The van der Waals surface area contributed by atoms with Crippen molar-refractivity contribution in [2.24, 2.45) is 5.92 Å². The Balaban J connectivity index is 1.71. The number of rotatable bonds is 4. The SMILES string of the molecule is CC1CCC(NC(=O)c2cccc(-c3ccc(C(=O)NO)cc3)c2)CC1. The molecule has 3 rings (SSSR count). The van der Waals surface area contributed by atoms with Crippen LogP contribution in [-0.4, -0.2) is 23.1 Å². The molecule has 5 heteroatoms. The van der Waals surface area contributed by atoms with E-state index in [1.54, 1.807) is 29.7 Å². The molecule has 0 heterocycles. The lowest BCUT2D eigenvalue weighted by molar-refractivity contribution is 0.0706. The summed E-state index contributed by atoms with van der Waals surface area (Å²) in [5.74, 6) is 0.163. The highest BCUT2D eigenvalue weighted by Gasteiger charge is 2.20. The molecule has 0 bridgehead atoms. The third-order valence-corrected chi connectivity index (χ3v) is 5.06. The summed E-state index contributed by atoms with van der Waals surface area (Å²) in [6, 6.07) is 14.6. The smallest absolute Gasteiger partial charge is 0.274 e. The number of hydrogen-bond acceptors (Lipinski definition) is 3. The average molecular weight is 352 g/mol. The van der Waals surface area contributed by atoms with Crippen molar-refractivity contribution in [1.82, 2.24) is 10.8 Å². The standard InChI is InChI=1S/C21H24N2O3/c1-14-5-11-19(12-6-14)22-20(24)18-4-2-3-17(13-18)15-7-9-16(10-8-15)21(25)23-26/h2-4,7-10,13-14,19,26H,5-6,11-12H2,1H3,(H,22,24)(H,23,25). The first-order valence-electron chi connectivity index (χ1n) is 9.02. The Labute approximate surface area is 153 Å². The average Bonchev–Trinajstić information content (AvgIpc) is 2.69. The quantitative estimate of drug-likeness (QED) is 0.579. The van der Waals surface area contributed by atoms with Crippen LogP contribution in [0.5, 0.6) is 0 Å². The van der Waals surface area contributed by atoms with Gasteiger partial charge in [0.25, 0.3) is 11.8 Å². The van der Waals surface area contributed by atoms with Gasteiger partial charge in [0.1, 0.15) is 0 Å². The predicted molar refractivity (Wildman–Crippen MR) is 100 cm³/mol. The van der Waals surface area contributed by atoms with Gasteiger partial charge >= 0.3 is 0 Å². The molecule has 1 aliphatic carbocycles. The Morgan fingerprint density at radius 3 is 2.23 bits per heavy atom. The zero-order valence-electron chi connectivity index (χ0n) is 14.9. The minimum absolute atomic E-state index is 0.0392. The molecule has 3 N–H and O–H groups in total. The molecule has 1 fully saturated rings. The number of benzene rings is 2. The Morgan fingerprint density at radius 2 is 1.58 bits per heavy atom. The first-order chi connectivity index (χ1) is 12.6. The highest BCUT2D eigenvalue weighted by molar-refractivity contribution is 5.96. The normalized spacial score (nSPS) is 19.6. The van der Waals surface area contributed by atoms with E-state index in [0.29, 0.717) is 11.1 Å². The molecule has 2 aromatic carbocycles. The van der Waals surface area contributed by atoms with E-state index in [4.69, 9.17) is 5.21 Å². The third-order valence-electron chi connectivity index (χ3n) is 5.06. The van der Waals surface area contributed by atoms with E-state index >= 15 is 0 Å². The Hall–Kier alpha value is -2.66. The van der Waals surface area contributed by atoms with Crippen LogP contribution in [0.2, 0.25) is 0 Å². The minimum atomic E-state index is -0.550. The summed E-state index contributed by atoms with van der Waals surface area (Å²) in [6.45, 7) is 2.26. The topological polar surface area (TPSA) is 78.4 Å². The van der Waals surface area contributed by atoms with Gasteiger partial charge in [0.15, 0.2) is 0 Å². The molecule has 26 heavy (non-hydrogen) atoms. The van der Waals surface area contributed by atoms with Crippen LogP contribution in [0.3, 0.4) is 0 Å². The van der Waals surface area contributed by atoms with Crippen molar-refractivity contribution in [2.75, 3.05) is 0 Å². The molecule has 5 nitrogen and oxygen atoms in total. The van der Waals surface area contributed by atoms with Gasteiger partial charge in [-0.15, -0.1) is 0 Å². The molecule has 0 spiro atoms. The number of amides is 2. The van der Waals surface area contributed by atoms with Gasteiger partial charge in [-0.1, -0.05) is 31.2 Å². The monoisotopic (exact) mass is 352 g/mol. The van der Waals surface area contributed by atoms with Crippen molar-refractivity contribution in [3.8, 4) is 11.1 Å². The van der Waals surface area contributed by atoms with Crippen molar-refractivity contribution in [2.45, 2.75) is 38.6 Å². The zero-order valence-corrected chi connectivity index (χ0v) is 14.9. The maximum Gasteiger partial charge on any atom is 0.274 e. The third kappa shape index (κ3) is 4.29. The largest absolute Gasteiger partial charge is 0.349 e. The van der Waals surface area contributed by atoms with Crippen molar-refractivity contribution in [1.29, 1.82) is 0 Å². The number of hydroxylamine groups is 1. The van der Waals surface area contributed by atoms with Gasteiger partial charge in [0, 0.05) is 17.2 Å². The van der Waals surface area contributed by atoms with E-state index in [1.165, 1.54) is 12.8 Å². The Morgan fingerprint density at radius 1 is 0.885 bits per heavy atom. The first kappa shape index (κ1) is 18.1. The van der Waals surface area contributed by atoms with E-state index in [-0.39, 0.29) is 11.9 Å². The lowest BCUT2D eigenvalue weighted by Crippen LogP contribution is -2.37. The summed E-state index contributed by atoms with van der Waals surface area (Å²) >= 11 is 0. The first-order valence-corrected chi connectivity index (χ1v) is 9.02. The van der Waals surface area contributed by atoms with Crippen molar-refractivity contribution < 1.29 is 14.8 Å². The molecular weight excluding hydrogens is 328 g/mol. The van der Waals surface area contributed by atoms with E-state index in [2.05, 4.69) is 12.2 Å². The van der Waals surface area contributed by atoms with Gasteiger partial charge in [-0.05, 0) is 67.0 Å². The van der Waals surface area contributed by atoms with Gasteiger partial charge in [-0.25, -0.2) is 5.48 Å². The summed E-state index contributed by atoms with van der Waals surface area (Å²) in [6.07, 6.45) is 4.42. The number of nitrogens with one attached hydrogen (secondary N) is 2. The fourth-order valence-electron chi connectivity index (χ4n) is 3.39. The Kier molecular flexibility index (Phi) is 5.68. The predicted octanol–water partition coefficient (Wildman–Crippen LogP) is 3.78. The lowest BCUT2D eigenvalue weighted by Gasteiger charge is -2.27. The van der Waals surface area contributed by atoms with E-state index in [9.17, 15) is 9.59 Å². The lowest BCUT2D eigenvalue weighted by atomic mass is 9.87. The highest BCUT2D eigenvalue weighted by Crippen LogP contribution is 2.24. The minimum Gasteiger partial charge on any atom is -0.349 e. The number of carbonyl (C=O) groups excluding carboxylic acids is 2. The molecule has 0 aromatic heterocycles. The van der Waals surface area contributed by atoms with Crippen LogP contribution < -0.4 is 10.8 Å². The van der Waals surface area contributed by atoms with Gasteiger partial charge in [-0.2, -0.15) is 0 Å². The summed E-state index contributed by atoms with van der Waals surface area (Å²) in [5, 5.41) is 11.8. The molecule has 0 atom stereocenters. The van der Waals surface area contributed by atoms with Gasteiger partial charge in [0.2, 0.25) is 0 Å².